The first kappa shape index (κ1) is 11.5. The van der Waals surface area contributed by atoms with E-state index >= 15 is 0 Å². The van der Waals surface area contributed by atoms with Gasteiger partial charge in [-0.2, -0.15) is 0 Å². The minimum Gasteiger partial charge on any atom is -0.493 e. The molecule has 0 heterocycles. The Morgan fingerprint density at radius 1 is 1.19 bits per heavy atom. The van der Waals surface area contributed by atoms with Crippen LogP contribution in [0.25, 0.3) is 0 Å². The molecule has 0 bridgehead atoms. The molecule has 0 aromatic heterocycles. The molecule has 1 aliphatic carbocycles. The topological polar surface area (TPSA) is 35.2 Å². The third-order valence-corrected chi connectivity index (χ3v) is 3.37. The van der Waals surface area contributed by atoms with Gasteiger partial charge in [-0.05, 0) is 62.9 Å². The van der Waals surface area contributed by atoms with Crippen molar-refractivity contribution in [3.05, 3.63) is 29.3 Å². The largest absolute Gasteiger partial charge is 0.493 e. The summed E-state index contributed by atoms with van der Waals surface area (Å²) >= 11 is 0. The van der Waals surface area contributed by atoms with Gasteiger partial charge in [0, 0.05) is 5.41 Å². The molecule has 2 rings (SSSR count). The first-order chi connectivity index (χ1) is 7.63. The highest BCUT2D eigenvalue weighted by Gasteiger charge is 2.42. The average molecular weight is 219 g/mol. The molecule has 2 N–H and O–H groups in total. The summed E-state index contributed by atoms with van der Waals surface area (Å²) in [4.78, 5) is 0. The maximum Gasteiger partial charge on any atom is 0.119 e. The summed E-state index contributed by atoms with van der Waals surface area (Å²) in [5, 5.41) is 0. The van der Waals surface area contributed by atoms with Gasteiger partial charge >= 0.3 is 0 Å². The highest BCUT2D eigenvalue weighted by molar-refractivity contribution is 5.33. The van der Waals surface area contributed by atoms with Crippen molar-refractivity contribution in [1.82, 2.24) is 0 Å². The van der Waals surface area contributed by atoms with Crippen LogP contribution in [0.2, 0.25) is 0 Å². The molecule has 1 fully saturated rings. The van der Waals surface area contributed by atoms with Crippen molar-refractivity contribution in [3.8, 4) is 5.75 Å². The molecule has 0 radical (unpaired) electrons. The van der Waals surface area contributed by atoms with Crippen LogP contribution in [0.5, 0.6) is 5.75 Å². The third kappa shape index (κ3) is 2.76. The zero-order valence-electron chi connectivity index (χ0n) is 10.3. The van der Waals surface area contributed by atoms with Gasteiger partial charge in [-0.15, -0.1) is 0 Å². The van der Waals surface area contributed by atoms with Crippen molar-refractivity contribution in [2.75, 3.05) is 13.2 Å². The predicted octanol–water partition coefficient (Wildman–Crippen LogP) is 2.81. The Kier molecular flexibility index (Phi) is 3.20. The number of aryl methyl sites for hydroxylation is 2. The summed E-state index contributed by atoms with van der Waals surface area (Å²) in [6.45, 7) is 5.81. The second-order valence-electron chi connectivity index (χ2n) is 5.15. The van der Waals surface area contributed by atoms with Gasteiger partial charge in [0.25, 0.3) is 0 Å². The quantitative estimate of drug-likeness (QED) is 0.826. The lowest BCUT2D eigenvalue weighted by molar-refractivity contribution is 0.227. The zero-order valence-corrected chi connectivity index (χ0v) is 10.3. The van der Waals surface area contributed by atoms with Crippen LogP contribution in [-0.4, -0.2) is 13.2 Å². The smallest absolute Gasteiger partial charge is 0.119 e. The van der Waals surface area contributed by atoms with Gasteiger partial charge in [-0.25, -0.2) is 0 Å². The van der Waals surface area contributed by atoms with Gasteiger partial charge in [0.1, 0.15) is 5.75 Å². The van der Waals surface area contributed by atoms with Crippen molar-refractivity contribution >= 4 is 0 Å². The molecule has 0 aliphatic heterocycles. The van der Waals surface area contributed by atoms with Crippen LogP contribution in [-0.2, 0) is 0 Å². The van der Waals surface area contributed by atoms with Crippen LogP contribution in [0.1, 0.15) is 30.4 Å². The number of hydrogen-bond donors (Lipinski definition) is 1. The van der Waals surface area contributed by atoms with Gasteiger partial charge in [-0.3, -0.25) is 0 Å². The Labute approximate surface area is 97.8 Å². The normalized spacial score (nSPS) is 17.2. The van der Waals surface area contributed by atoms with Crippen LogP contribution in [0, 0.1) is 19.3 Å². The Morgan fingerprint density at radius 2 is 1.81 bits per heavy atom. The molecule has 1 saturated carbocycles. The van der Waals surface area contributed by atoms with Gasteiger partial charge in [0.15, 0.2) is 0 Å². The van der Waals surface area contributed by atoms with E-state index in [4.69, 9.17) is 10.5 Å². The van der Waals surface area contributed by atoms with E-state index in [1.165, 1.54) is 24.0 Å². The minimum atomic E-state index is 0.395. The third-order valence-electron chi connectivity index (χ3n) is 3.37. The first-order valence-electron chi connectivity index (χ1n) is 6.05. The Balaban J connectivity index is 1.94. The molecule has 0 saturated heterocycles. The molecule has 1 aromatic carbocycles. The van der Waals surface area contributed by atoms with Crippen molar-refractivity contribution in [2.24, 2.45) is 11.1 Å². The summed E-state index contributed by atoms with van der Waals surface area (Å²) in [5.74, 6) is 1.00. The van der Waals surface area contributed by atoms with Crippen LogP contribution < -0.4 is 10.5 Å². The van der Waals surface area contributed by atoms with Crippen molar-refractivity contribution in [3.63, 3.8) is 0 Å². The second kappa shape index (κ2) is 4.46. The lowest BCUT2D eigenvalue weighted by atomic mass is 10.0. The number of ether oxygens (including phenoxy) is 1. The fourth-order valence-electron chi connectivity index (χ4n) is 2.20. The summed E-state index contributed by atoms with van der Waals surface area (Å²) in [6, 6.07) is 6.37. The monoisotopic (exact) mass is 219 g/mol. The average Bonchev–Trinajstić information content (AvgIpc) is 2.95. The highest BCUT2D eigenvalue weighted by atomic mass is 16.5. The van der Waals surface area contributed by atoms with Gasteiger partial charge in [-0.1, -0.05) is 6.07 Å². The zero-order chi connectivity index (χ0) is 11.6. The second-order valence-corrected chi connectivity index (χ2v) is 5.15. The fraction of sp³-hybridized carbons (Fsp3) is 0.571. The molecule has 2 heteroatoms. The molecule has 1 aliphatic rings. The van der Waals surface area contributed by atoms with E-state index in [-0.39, 0.29) is 0 Å². The molecule has 0 spiro atoms. The van der Waals surface area contributed by atoms with Crippen molar-refractivity contribution in [1.29, 1.82) is 0 Å². The number of nitrogens with two attached hydrogens (primary N) is 1. The summed E-state index contributed by atoms with van der Waals surface area (Å²) in [5.41, 5.74) is 8.54. The van der Waals surface area contributed by atoms with E-state index in [2.05, 4.69) is 32.0 Å². The minimum absolute atomic E-state index is 0.395. The summed E-state index contributed by atoms with van der Waals surface area (Å²) < 4.78 is 5.89. The van der Waals surface area contributed by atoms with Gasteiger partial charge < -0.3 is 10.5 Å². The van der Waals surface area contributed by atoms with Gasteiger partial charge in [0.2, 0.25) is 0 Å². The van der Waals surface area contributed by atoms with Crippen LogP contribution in [0.3, 0.4) is 0 Å². The molecule has 2 nitrogen and oxygen atoms in total. The Hall–Kier alpha value is -1.02. The van der Waals surface area contributed by atoms with Crippen molar-refractivity contribution < 1.29 is 4.74 Å². The summed E-state index contributed by atoms with van der Waals surface area (Å²) in [7, 11) is 0. The first-order valence-corrected chi connectivity index (χ1v) is 6.05. The van der Waals surface area contributed by atoms with Crippen LogP contribution in [0.15, 0.2) is 18.2 Å². The van der Waals surface area contributed by atoms with Crippen LogP contribution in [0.4, 0.5) is 0 Å². The molecule has 0 atom stereocenters. The van der Waals surface area contributed by atoms with E-state index in [1.54, 1.807) is 0 Å². The Morgan fingerprint density at radius 3 is 2.31 bits per heavy atom. The van der Waals surface area contributed by atoms with E-state index in [0.717, 1.165) is 25.3 Å². The summed E-state index contributed by atoms with van der Waals surface area (Å²) in [6.07, 6.45) is 3.64. The number of rotatable bonds is 5. The standard InChI is InChI=1S/C14H21NO/c1-11-7-12(2)9-13(8-11)16-10-14(3-4-14)5-6-15/h7-9H,3-6,10,15H2,1-2H3. The van der Waals surface area contributed by atoms with E-state index in [0.29, 0.717) is 5.41 Å². The number of benzene rings is 1. The van der Waals surface area contributed by atoms with E-state index < -0.39 is 0 Å². The maximum absolute atomic E-state index is 5.89. The molecule has 16 heavy (non-hydrogen) atoms. The van der Waals surface area contributed by atoms with E-state index in [1.807, 2.05) is 0 Å². The molecular formula is C14H21NO. The maximum atomic E-state index is 5.89. The molecule has 0 unspecified atom stereocenters. The number of hydrogen-bond acceptors (Lipinski definition) is 2. The van der Waals surface area contributed by atoms with Crippen LogP contribution >= 0.6 is 0 Å². The van der Waals surface area contributed by atoms with E-state index in [9.17, 15) is 0 Å². The molecule has 0 amide bonds. The predicted molar refractivity (Wildman–Crippen MR) is 66.7 cm³/mol. The lowest BCUT2D eigenvalue weighted by Gasteiger charge is -2.15. The van der Waals surface area contributed by atoms with Crippen molar-refractivity contribution in [2.45, 2.75) is 33.1 Å². The fourth-order valence-corrected chi connectivity index (χ4v) is 2.20. The Bertz CT molecular complexity index is 349. The SMILES string of the molecule is Cc1cc(C)cc(OCC2(CCN)CC2)c1. The molecule has 88 valence electrons. The molecular weight excluding hydrogens is 198 g/mol. The van der Waals surface area contributed by atoms with Gasteiger partial charge in [0.05, 0.1) is 6.61 Å². The lowest BCUT2D eigenvalue weighted by Crippen LogP contribution is -2.17. The highest BCUT2D eigenvalue weighted by Crippen LogP contribution is 2.48. The molecule has 1 aromatic rings.